The normalized spacial score (nSPS) is 25.4. The molecule has 2 aromatic heterocycles. The van der Waals surface area contributed by atoms with Crippen molar-refractivity contribution >= 4 is 11.3 Å². The molecule has 128 valence electrons. The highest BCUT2D eigenvalue weighted by atomic mass is 32.1. The van der Waals surface area contributed by atoms with Gasteiger partial charge in [0.25, 0.3) is 0 Å². The van der Waals surface area contributed by atoms with E-state index in [1.54, 1.807) is 11.3 Å². The van der Waals surface area contributed by atoms with Gasteiger partial charge in [-0.3, -0.25) is 4.68 Å². The lowest BCUT2D eigenvalue weighted by Crippen LogP contribution is -2.48. The molecule has 3 saturated heterocycles. The van der Waals surface area contributed by atoms with Crippen LogP contribution in [0.3, 0.4) is 0 Å². The molecule has 1 atom stereocenters. The molecule has 0 spiro atoms. The van der Waals surface area contributed by atoms with E-state index in [0.29, 0.717) is 0 Å². The molecule has 3 aliphatic heterocycles. The van der Waals surface area contributed by atoms with Gasteiger partial charge in [0.2, 0.25) is 0 Å². The van der Waals surface area contributed by atoms with Crippen molar-refractivity contribution in [2.75, 3.05) is 19.6 Å². The fourth-order valence-corrected chi connectivity index (χ4v) is 5.04. The zero-order valence-corrected chi connectivity index (χ0v) is 15.0. The zero-order valence-electron chi connectivity index (χ0n) is 14.2. The number of thiophene rings is 1. The van der Waals surface area contributed by atoms with Crippen molar-refractivity contribution in [1.82, 2.24) is 19.9 Å². The Morgan fingerprint density at radius 3 is 2.52 bits per heavy atom. The monoisotopic (exact) mass is 350 g/mol. The van der Waals surface area contributed by atoms with Gasteiger partial charge >= 0.3 is 0 Å². The van der Waals surface area contributed by atoms with Gasteiger partial charge in [0, 0.05) is 23.5 Å². The Bertz CT molecular complexity index is 829. The molecule has 3 fully saturated rings. The third-order valence-corrected chi connectivity index (χ3v) is 6.66. The lowest BCUT2D eigenvalue weighted by Gasteiger charge is -2.44. The molecule has 0 amide bonds. The second kappa shape index (κ2) is 6.39. The van der Waals surface area contributed by atoms with E-state index in [9.17, 15) is 0 Å². The maximum Gasteiger partial charge on any atom is 0.113 e. The Hall–Kier alpha value is -1.98. The molecule has 0 radical (unpaired) electrons. The summed E-state index contributed by atoms with van der Waals surface area (Å²) in [5, 5.41) is 10.9. The van der Waals surface area contributed by atoms with E-state index in [1.807, 2.05) is 0 Å². The van der Waals surface area contributed by atoms with Crippen LogP contribution < -0.4 is 0 Å². The van der Waals surface area contributed by atoms with Gasteiger partial charge in [0.1, 0.15) is 5.69 Å². The molecule has 0 aliphatic carbocycles. The van der Waals surface area contributed by atoms with Crippen LogP contribution in [0.15, 0.2) is 48.0 Å². The first kappa shape index (κ1) is 15.3. The number of fused-ring (bicyclic) bond motifs is 3. The summed E-state index contributed by atoms with van der Waals surface area (Å²) in [6.45, 7) is 4.82. The van der Waals surface area contributed by atoms with Gasteiger partial charge in [-0.25, -0.2) is 0 Å². The van der Waals surface area contributed by atoms with Crippen molar-refractivity contribution in [3.8, 4) is 21.7 Å². The first-order valence-corrected chi connectivity index (χ1v) is 10.00. The molecule has 0 N–H and O–H groups in total. The molecule has 0 saturated carbocycles. The molecule has 3 aliphatic rings. The van der Waals surface area contributed by atoms with E-state index in [1.165, 1.54) is 42.9 Å². The second-order valence-corrected chi connectivity index (χ2v) is 8.23. The molecule has 3 aromatic rings. The second-order valence-electron chi connectivity index (χ2n) is 7.28. The fraction of sp³-hybridized carbons (Fsp3) is 0.400. The van der Waals surface area contributed by atoms with Crippen LogP contribution in [-0.4, -0.2) is 39.5 Å². The standard InChI is InChI=1S/C20H22N4S/c1-2-20(25-11-1)17-5-3-16(4-6-17)19-14-24(22-21-19)13-18-12-23-9-7-15(18)8-10-23/h1-6,11,14-15,18H,7-10,12-13H2. The lowest BCUT2D eigenvalue weighted by atomic mass is 9.79. The summed E-state index contributed by atoms with van der Waals surface area (Å²) in [5.74, 6) is 1.61. The third kappa shape index (κ3) is 3.02. The van der Waals surface area contributed by atoms with E-state index in [2.05, 4.69) is 67.9 Å². The highest BCUT2D eigenvalue weighted by Gasteiger charge is 2.34. The van der Waals surface area contributed by atoms with Gasteiger partial charge in [0.15, 0.2) is 0 Å². The molecule has 2 bridgehead atoms. The quantitative estimate of drug-likeness (QED) is 0.713. The molecule has 1 aromatic carbocycles. The number of aromatic nitrogens is 3. The number of piperidine rings is 3. The Balaban J connectivity index is 1.31. The minimum atomic E-state index is 0.734. The van der Waals surface area contributed by atoms with Crippen LogP contribution in [0.5, 0.6) is 0 Å². The summed E-state index contributed by atoms with van der Waals surface area (Å²) in [5.41, 5.74) is 3.37. The summed E-state index contributed by atoms with van der Waals surface area (Å²) < 4.78 is 2.05. The van der Waals surface area contributed by atoms with Gasteiger partial charge in [-0.05, 0) is 54.8 Å². The zero-order chi connectivity index (χ0) is 16.6. The molecule has 1 unspecified atom stereocenters. The highest BCUT2D eigenvalue weighted by molar-refractivity contribution is 7.13. The Labute approximate surface area is 152 Å². The topological polar surface area (TPSA) is 34.0 Å². The van der Waals surface area contributed by atoms with E-state index >= 15 is 0 Å². The Kier molecular flexibility index (Phi) is 3.91. The van der Waals surface area contributed by atoms with Crippen molar-refractivity contribution in [2.24, 2.45) is 11.8 Å². The summed E-state index contributed by atoms with van der Waals surface area (Å²) in [7, 11) is 0. The van der Waals surface area contributed by atoms with E-state index in [-0.39, 0.29) is 0 Å². The maximum absolute atomic E-state index is 4.41. The molecule has 4 nitrogen and oxygen atoms in total. The third-order valence-electron chi connectivity index (χ3n) is 5.74. The van der Waals surface area contributed by atoms with Crippen molar-refractivity contribution in [3.05, 3.63) is 48.0 Å². The summed E-state index contributed by atoms with van der Waals surface area (Å²) >= 11 is 1.77. The molecule has 6 rings (SSSR count). The predicted molar refractivity (Wildman–Crippen MR) is 101 cm³/mol. The number of hydrogen-bond donors (Lipinski definition) is 0. The summed E-state index contributed by atoms with van der Waals surface area (Å²) in [4.78, 5) is 3.91. The van der Waals surface area contributed by atoms with Gasteiger partial charge < -0.3 is 4.90 Å². The van der Waals surface area contributed by atoms with Gasteiger partial charge in [-0.2, -0.15) is 0 Å². The Morgan fingerprint density at radius 1 is 1.04 bits per heavy atom. The van der Waals surface area contributed by atoms with Crippen molar-refractivity contribution in [3.63, 3.8) is 0 Å². The molecular weight excluding hydrogens is 328 g/mol. The maximum atomic E-state index is 4.41. The van der Waals surface area contributed by atoms with Gasteiger partial charge in [0.05, 0.1) is 6.20 Å². The van der Waals surface area contributed by atoms with Crippen molar-refractivity contribution in [2.45, 2.75) is 19.4 Å². The van der Waals surface area contributed by atoms with Crippen molar-refractivity contribution in [1.29, 1.82) is 0 Å². The number of benzene rings is 1. The van der Waals surface area contributed by atoms with Crippen LogP contribution in [0, 0.1) is 11.8 Å². The largest absolute Gasteiger partial charge is 0.303 e. The van der Waals surface area contributed by atoms with Crippen LogP contribution >= 0.6 is 11.3 Å². The lowest BCUT2D eigenvalue weighted by molar-refractivity contribution is 0.0402. The highest BCUT2D eigenvalue weighted by Crippen LogP contribution is 2.33. The minimum absolute atomic E-state index is 0.734. The average Bonchev–Trinajstić information content (AvgIpc) is 3.35. The summed E-state index contributed by atoms with van der Waals surface area (Å²) in [6, 6.07) is 12.9. The number of nitrogens with zero attached hydrogens (tertiary/aromatic N) is 4. The first-order valence-electron chi connectivity index (χ1n) is 9.12. The van der Waals surface area contributed by atoms with Crippen LogP contribution in [0.4, 0.5) is 0 Å². The van der Waals surface area contributed by atoms with Crippen LogP contribution in [0.2, 0.25) is 0 Å². The van der Waals surface area contributed by atoms with E-state index < -0.39 is 0 Å². The molecule has 5 heteroatoms. The molecule has 5 heterocycles. The van der Waals surface area contributed by atoms with E-state index in [4.69, 9.17) is 0 Å². The average molecular weight is 350 g/mol. The van der Waals surface area contributed by atoms with Gasteiger partial charge in [-0.15, -0.1) is 16.4 Å². The SMILES string of the molecule is c1csc(-c2ccc(-c3cn(CC4CN5CCC4CC5)nn3)cc2)c1. The van der Waals surface area contributed by atoms with Gasteiger partial charge in [-0.1, -0.05) is 35.5 Å². The van der Waals surface area contributed by atoms with Crippen LogP contribution in [0.25, 0.3) is 21.7 Å². The van der Waals surface area contributed by atoms with Crippen molar-refractivity contribution < 1.29 is 0 Å². The molecule has 25 heavy (non-hydrogen) atoms. The first-order chi connectivity index (χ1) is 12.3. The number of hydrogen-bond acceptors (Lipinski definition) is 4. The predicted octanol–water partition coefficient (Wildman–Crippen LogP) is 4.02. The summed E-state index contributed by atoms with van der Waals surface area (Å²) in [6.07, 6.45) is 4.82. The number of rotatable bonds is 4. The smallest absolute Gasteiger partial charge is 0.113 e. The molecular formula is C20H22N4S. The Morgan fingerprint density at radius 2 is 1.84 bits per heavy atom. The fourth-order valence-electron chi connectivity index (χ4n) is 4.30. The van der Waals surface area contributed by atoms with Crippen LogP contribution in [0.1, 0.15) is 12.8 Å². The van der Waals surface area contributed by atoms with E-state index in [0.717, 1.165) is 29.6 Å². The minimum Gasteiger partial charge on any atom is -0.303 e. The van der Waals surface area contributed by atoms with Crippen LogP contribution in [-0.2, 0) is 6.54 Å².